The van der Waals surface area contributed by atoms with Crippen molar-refractivity contribution < 1.29 is 0 Å². The van der Waals surface area contributed by atoms with E-state index in [1.165, 1.54) is 5.56 Å². The Morgan fingerprint density at radius 1 is 1.06 bits per heavy atom. The van der Waals surface area contributed by atoms with Crippen molar-refractivity contribution in [1.29, 1.82) is 0 Å². The van der Waals surface area contributed by atoms with Crippen molar-refractivity contribution in [2.75, 3.05) is 6.54 Å². The fourth-order valence-electron chi connectivity index (χ4n) is 1.62. The Kier molecular flexibility index (Phi) is 4.05. The summed E-state index contributed by atoms with van der Waals surface area (Å²) in [6, 6.07) is 16.1. The van der Waals surface area contributed by atoms with Crippen LogP contribution >= 0.6 is 0 Å². The van der Waals surface area contributed by atoms with E-state index >= 15 is 0 Å². The standard InChI is InChI=1S/C15H16N2/c1-13(14-7-3-2-4-8-14)11-16-12-15-9-5-6-10-17-15/h2-10,16H,1,11-12H2. The third-order valence-electron chi connectivity index (χ3n) is 2.55. The zero-order valence-corrected chi connectivity index (χ0v) is 9.76. The summed E-state index contributed by atoms with van der Waals surface area (Å²) in [6.07, 6.45) is 1.81. The summed E-state index contributed by atoms with van der Waals surface area (Å²) in [7, 11) is 0. The van der Waals surface area contributed by atoms with Crippen molar-refractivity contribution in [2.45, 2.75) is 6.54 Å². The van der Waals surface area contributed by atoms with Gasteiger partial charge in [0, 0.05) is 19.3 Å². The molecule has 0 amide bonds. The lowest BCUT2D eigenvalue weighted by atomic mass is 10.1. The molecule has 2 aromatic rings. The molecule has 0 atom stereocenters. The highest BCUT2D eigenvalue weighted by molar-refractivity contribution is 5.64. The molecule has 0 aliphatic carbocycles. The predicted molar refractivity (Wildman–Crippen MR) is 71.4 cm³/mol. The first-order chi connectivity index (χ1) is 8.36. The van der Waals surface area contributed by atoms with Crippen LogP contribution in [-0.4, -0.2) is 11.5 Å². The Balaban J connectivity index is 1.82. The summed E-state index contributed by atoms with van der Waals surface area (Å²) in [5.74, 6) is 0. The fraction of sp³-hybridized carbons (Fsp3) is 0.133. The first kappa shape index (κ1) is 11.6. The maximum atomic E-state index is 4.26. The minimum Gasteiger partial charge on any atom is -0.307 e. The van der Waals surface area contributed by atoms with Gasteiger partial charge in [-0.15, -0.1) is 0 Å². The largest absolute Gasteiger partial charge is 0.307 e. The molecule has 1 N–H and O–H groups in total. The SMILES string of the molecule is C=C(CNCc1ccccn1)c1ccccc1. The maximum Gasteiger partial charge on any atom is 0.0541 e. The van der Waals surface area contributed by atoms with Crippen LogP contribution in [0.1, 0.15) is 11.3 Å². The van der Waals surface area contributed by atoms with Crippen LogP contribution in [0, 0.1) is 0 Å². The van der Waals surface area contributed by atoms with Gasteiger partial charge < -0.3 is 5.32 Å². The molecule has 17 heavy (non-hydrogen) atoms. The third kappa shape index (κ3) is 3.54. The Hall–Kier alpha value is -1.93. The van der Waals surface area contributed by atoms with Gasteiger partial charge >= 0.3 is 0 Å². The molecule has 1 aromatic heterocycles. The summed E-state index contributed by atoms with van der Waals surface area (Å²) >= 11 is 0. The maximum absolute atomic E-state index is 4.26. The van der Waals surface area contributed by atoms with Crippen molar-refractivity contribution in [1.82, 2.24) is 10.3 Å². The first-order valence-electron chi connectivity index (χ1n) is 5.70. The van der Waals surface area contributed by atoms with E-state index < -0.39 is 0 Å². The van der Waals surface area contributed by atoms with Crippen LogP contribution in [-0.2, 0) is 6.54 Å². The second kappa shape index (κ2) is 5.97. The molecule has 0 unspecified atom stereocenters. The van der Waals surface area contributed by atoms with Gasteiger partial charge in [0.05, 0.1) is 5.69 Å². The minimum absolute atomic E-state index is 0.771. The van der Waals surface area contributed by atoms with Crippen LogP contribution in [0.4, 0.5) is 0 Å². The van der Waals surface area contributed by atoms with Gasteiger partial charge in [-0.3, -0.25) is 4.98 Å². The molecular weight excluding hydrogens is 208 g/mol. The molecule has 0 aliphatic heterocycles. The highest BCUT2D eigenvalue weighted by atomic mass is 14.9. The molecule has 2 rings (SSSR count). The number of rotatable bonds is 5. The Labute approximate surface area is 102 Å². The van der Waals surface area contributed by atoms with E-state index in [1.807, 2.05) is 42.6 Å². The zero-order chi connectivity index (χ0) is 11.9. The molecule has 2 heteroatoms. The fourth-order valence-corrected chi connectivity index (χ4v) is 1.62. The van der Waals surface area contributed by atoms with Gasteiger partial charge in [-0.25, -0.2) is 0 Å². The lowest BCUT2D eigenvalue weighted by Gasteiger charge is -2.07. The van der Waals surface area contributed by atoms with Gasteiger partial charge in [0.1, 0.15) is 0 Å². The number of aromatic nitrogens is 1. The summed E-state index contributed by atoms with van der Waals surface area (Å²) in [5.41, 5.74) is 3.33. The Morgan fingerprint density at radius 3 is 2.53 bits per heavy atom. The van der Waals surface area contributed by atoms with Crippen LogP contribution < -0.4 is 5.32 Å². The monoisotopic (exact) mass is 224 g/mol. The van der Waals surface area contributed by atoms with Crippen LogP contribution in [0.5, 0.6) is 0 Å². The third-order valence-corrected chi connectivity index (χ3v) is 2.55. The molecule has 86 valence electrons. The predicted octanol–water partition coefficient (Wildman–Crippen LogP) is 2.88. The lowest BCUT2D eigenvalue weighted by molar-refractivity contribution is 0.747. The molecule has 0 fully saturated rings. The van der Waals surface area contributed by atoms with Gasteiger partial charge in [-0.1, -0.05) is 43.0 Å². The molecule has 1 heterocycles. The average molecular weight is 224 g/mol. The number of hydrogen-bond donors (Lipinski definition) is 1. The Morgan fingerprint density at radius 2 is 1.82 bits per heavy atom. The second-order valence-corrected chi connectivity index (χ2v) is 3.89. The molecule has 0 saturated carbocycles. The minimum atomic E-state index is 0.771. The van der Waals surface area contributed by atoms with Crippen molar-refractivity contribution in [2.24, 2.45) is 0 Å². The smallest absolute Gasteiger partial charge is 0.0541 e. The summed E-state index contributed by atoms with van der Waals surface area (Å²) in [6.45, 7) is 5.62. The van der Waals surface area contributed by atoms with Gasteiger partial charge in [0.2, 0.25) is 0 Å². The topological polar surface area (TPSA) is 24.9 Å². The molecule has 0 saturated heterocycles. The normalized spacial score (nSPS) is 10.1. The van der Waals surface area contributed by atoms with Crippen LogP contribution in [0.3, 0.4) is 0 Å². The van der Waals surface area contributed by atoms with E-state index in [1.54, 1.807) is 0 Å². The van der Waals surface area contributed by atoms with Gasteiger partial charge in [-0.2, -0.15) is 0 Å². The molecule has 0 aliphatic rings. The molecule has 0 radical (unpaired) electrons. The number of benzene rings is 1. The van der Waals surface area contributed by atoms with E-state index in [2.05, 4.69) is 29.0 Å². The van der Waals surface area contributed by atoms with Crippen molar-refractivity contribution >= 4 is 5.57 Å². The van der Waals surface area contributed by atoms with Crippen molar-refractivity contribution in [3.05, 3.63) is 72.6 Å². The van der Waals surface area contributed by atoms with E-state index in [9.17, 15) is 0 Å². The average Bonchev–Trinajstić information content (AvgIpc) is 2.41. The zero-order valence-electron chi connectivity index (χ0n) is 9.76. The number of hydrogen-bond acceptors (Lipinski definition) is 2. The van der Waals surface area contributed by atoms with Crippen molar-refractivity contribution in [3.8, 4) is 0 Å². The summed E-state index contributed by atoms with van der Waals surface area (Å²) < 4.78 is 0. The molecule has 0 bridgehead atoms. The number of pyridine rings is 1. The summed E-state index contributed by atoms with van der Waals surface area (Å²) in [5, 5.41) is 3.34. The van der Waals surface area contributed by atoms with Crippen LogP contribution in [0.25, 0.3) is 5.57 Å². The molecule has 0 spiro atoms. The van der Waals surface area contributed by atoms with E-state index in [4.69, 9.17) is 0 Å². The quantitative estimate of drug-likeness (QED) is 0.844. The Bertz CT molecular complexity index is 463. The molecular formula is C15H16N2. The highest BCUT2D eigenvalue weighted by Crippen LogP contribution is 2.10. The van der Waals surface area contributed by atoms with Gasteiger partial charge in [-0.05, 0) is 23.3 Å². The number of nitrogens with zero attached hydrogens (tertiary/aromatic N) is 1. The van der Waals surface area contributed by atoms with E-state index in [-0.39, 0.29) is 0 Å². The number of nitrogens with one attached hydrogen (secondary N) is 1. The molecule has 1 aromatic carbocycles. The van der Waals surface area contributed by atoms with Crippen molar-refractivity contribution in [3.63, 3.8) is 0 Å². The summed E-state index contributed by atoms with van der Waals surface area (Å²) in [4.78, 5) is 4.26. The highest BCUT2D eigenvalue weighted by Gasteiger charge is 1.98. The van der Waals surface area contributed by atoms with Crippen LogP contribution in [0.2, 0.25) is 0 Å². The van der Waals surface area contributed by atoms with E-state index in [0.29, 0.717) is 0 Å². The van der Waals surface area contributed by atoms with Gasteiger partial charge in [0.15, 0.2) is 0 Å². The second-order valence-electron chi connectivity index (χ2n) is 3.89. The van der Waals surface area contributed by atoms with E-state index in [0.717, 1.165) is 24.4 Å². The molecule has 2 nitrogen and oxygen atoms in total. The lowest BCUT2D eigenvalue weighted by Crippen LogP contribution is -2.16. The first-order valence-corrected chi connectivity index (χ1v) is 5.70. The van der Waals surface area contributed by atoms with Crippen LogP contribution in [0.15, 0.2) is 61.3 Å². The van der Waals surface area contributed by atoms with Gasteiger partial charge in [0.25, 0.3) is 0 Å².